The maximum Gasteiger partial charge on any atom is 0.158 e. The molecule has 0 aliphatic carbocycles. The minimum atomic E-state index is -0.676. The van der Waals surface area contributed by atoms with Gasteiger partial charge < -0.3 is 10.0 Å². The maximum absolute atomic E-state index is 14.0. The van der Waals surface area contributed by atoms with E-state index in [1.54, 1.807) is 4.90 Å². The third-order valence-corrected chi connectivity index (χ3v) is 3.64. The van der Waals surface area contributed by atoms with E-state index in [-0.39, 0.29) is 24.2 Å². The van der Waals surface area contributed by atoms with Crippen LogP contribution in [0.15, 0.2) is 30.6 Å². The van der Waals surface area contributed by atoms with Crippen molar-refractivity contribution in [2.24, 2.45) is 0 Å². The van der Waals surface area contributed by atoms with E-state index >= 15 is 0 Å². The molecule has 0 radical (unpaired) electrons. The summed E-state index contributed by atoms with van der Waals surface area (Å²) in [7, 11) is 0. The van der Waals surface area contributed by atoms with Crippen LogP contribution in [0.5, 0.6) is 0 Å². The monoisotopic (exact) mass is 302 g/mol. The second kappa shape index (κ2) is 5.66. The van der Waals surface area contributed by atoms with Crippen molar-refractivity contribution in [2.75, 3.05) is 11.4 Å². The molecule has 0 bridgehead atoms. The molecular weight excluding hydrogens is 290 g/mol. The number of anilines is 1. The van der Waals surface area contributed by atoms with Gasteiger partial charge in [-0.25, -0.2) is 18.7 Å². The van der Waals surface area contributed by atoms with Gasteiger partial charge in [-0.1, -0.05) is 0 Å². The highest BCUT2D eigenvalue weighted by Crippen LogP contribution is 2.36. The molecule has 1 aliphatic heterocycles. The van der Waals surface area contributed by atoms with Crippen molar-refractivity contribution in [3.8, 4) is 6.07 Å². The molecule has 0 unspecified atom stereocenters. The Morgan fingerprint density at radius 3 is 2.77 bits per heavy atom. The van der Waals surface area contributed by atoms with Crippen LogP contribution in [0.4, 0.5) is 14.6 Å². The summed E-state index contributed by atoms with van der Waals surface area (Å²) >= 11 is 0. The van der Waals surface area contributed by atoms with E-state index in [0.717, 1.165) is 18.2 Å². The lowest BCUT2D eigenvalue weighted by Gasteiger charge is -2.25. The van der Waals surface area contributed by atoms with Crippen LogP contribution in [0.2, 0.25) is 0 Å². The second-order valence-corrected chi connectivity index (χ2v) is 5.10. The molecule has 0 amide bonds. The van der Waals surface area contributed by atoms with Crippen molar-refractivity contribution in [3.05, 3.63) is 53.5 Å². The first kappa shape index (κ1) is 14.4. The molecule has 112 valence electrons. The molecule has 0 spiro atoms. The average Bonchev–Trinajstić information content (AvgIpc) is 2.91. The topological polar surface area (TPSA) is 73.0 Å². The van der Waals surface area contributed by atoms with E-state index in [9.17, 15) is 13.9 Å². The summed E-state index contributed by atoms with van der Waals surface area (Å²) in [5, 5.41) is 18.6. The molecule has 1 fully saturated rings. The lowest BCUT2D eigenvalue weighted by molar-refractivity contribution is 0.194. The normalized spacial score (nSPS) is 20.9. The Labute approximate surface area is 125 Å². The van der Waals surface area contributed by atoms with E-state index in [4.69, 9.17) is 5.26 Å². The summed E-state index contributed by atoms with van der Waals surface area (Å²) in [5.41, 5.74) is 0.333. The molecule has 2 aromatic rings. The van der Waals surface area contributed by atoms with Crippen molar-refractivity contribution in [1.82, 2.24) is 9.97 Å². The highest BCUT2D eigenvalue weighted by molar-refractivity contribution is 5.44. The highest BCUT2D eigenvalue weighted by atomic mass is 19.1. The van der Waals surface area contributed by atoms with E-state index < -0.39 is 23.8 Å². The van der Waals surface area contributed by atoms with Crippen molar-refractivity contribution >= 4 is 5.82 Å². The fraction of sp³-hybridized carbons (Fsp3) is 0.267. The standard InChI is InChI=1S/C15H12F2N4O/c16-9-1-2-13(17)12(3-9)14-4-11(22)8-21(14)15-7-19-10(5-18)6-20-15/h1-3,6-7,11,14,22H,4,8H2/t11-,14+/m1/s1. The van der Waals surface area contributed by atoms with Gasteiger partial charge in [0.15, 0.2) is 5.69 Å². The Hall–Kier alpha value is -2.59. The van der Waals surface area contributed by atoms with Gasteiger partial charge in [-0.15, -0.1) is 0 Å². The maximum atomic E-state index is 14.0. The molecule has 0 saturated carbocycles. The Kier molecular flexibility index (Phi) is 3.69. The molecule has 1 aliphatic rings. The van der Waals surface area contributed by atoms with E-state index in [1.165, 1.54) is 12.4 Å². The van der Waals surface area contributed by atoms with Crippen LogP contribution in [0.25, 0.3) is 0 Å². The zero-order valence-electron chi connectivity index (χ0n) is 11.4. The van der Waals surface area contributed by atoms with Gasteiger partial charge in [0.05, 0.1) is 24.5 Å². The smallest absolute Gasteiger partial charge is 0.158 e. The Morgan fingerprint density at radius 1 is 1.27 bits per heavy atom. The largest absolute Gasteiger partial charge is 0.391 e. The lowest BCUT2D eigenvalue weighted by atomic mass is 10.0. The van der Waals surface area contributed by atoms with Crippen LogP contribution in [-0.4, -0.2) is 27.7 Å². The van der Waals surface area contributed by atoms with Crippen LogP contribution < -0.4 is 4.90 Å². The molecule has 7 heteroatoms. The first-order chi connectivity index (χ1) is 10.6. The number of nitriles is 1. The molecule has 1 aromatic carbocycles. The van der Waals surface area contributed by atoms with Crippen molar-refractivity contribution < 1.29 is 13.9 Å². The average molecular weight is 302 g/mol. The van der Waals surface area contributed by atoms with E-state index in [0.29, 0.717) is 5.82 Å². The number of rotatable bonds is 2. The Balaban J connectivity index is 1.98. The van der Waals surface area contributed by atoms with Crippen LogP contribution in [-0.2, 0) is 0 Å². The summed E-state index contributed by atoms with van der Waals surface area (Å²) in [6, 6.07) is 4.57. The molecule has 2 atom stereocenters. The van der Waals surface area contributed by atoms with Crippen molar-refractivity contribution in [2.45, 2.75) is 18.6 Å². The van der Waals surface area contributed by atoms with E-state index in [1.807, 2.05) is 6.07 Å². The summed E-state index contributed by atoms with van der Waals surface area (Å²) in [6.45, 7) is 0.237. The number of aromatic nitrogens is 2. The molecule has 2 heterocycles. The fourth-order valence-corrected chi connectivity index (χ4v) is 2.66. The predicted molar refractivity (Wildman–Crippen MR) is 73.8 cm³/mol. The highest BCUT2D eigenvalue weighted by Gasteiger charge is 2.34. The summed E-state index contributed by atoms with van der Waals surface area (Å²) in [5.74, 6) is -0.667. The molecule has 5 nitrogen and oxygen atoms in total. The van der Waals surface area contributed by atoms with E-state index in [2.05, 4.69) is 9.97 Å². The Bertz CT molecular complexity index is 729. The van der Waals surface area contributed by atoms with Gasteiger partial charge in [0.1, 0.15) is 23.5 Å². The quantitative estimate of drug-likeness (QED) is 0.917. The molecule has 3 rings (SSSR count). The van der Waals surface area contributed by atoms with Gasteiger partial charge in [-0.2, -0.15) is 5.26 Å². The number of halogens is 2. The third-order valence-electron chi connectivity index (χ3n) is 3.64. The number of hydrogen-bond acceptors (Lipinski definition) is 5. The van der Waals surface area contributed by atoms with Gasteiger partial charge >= 0.3 is 0 Å². The van der Waals surface area contributed by atoms with Crippen LogP contribution in [0.3, 0.4) is 0 Å². The minimum absolute atomic E-state index is 0.164. The van der Waals surface area contributed by atoms with Gasteiger partial charge in [-0.05, 0) is 24.6 Å². The fourth-order valence-electron chi connectivity index (χ4n) is 2.66. The first-order valence-corrected chi connectivity index (χ1v) is 6.70. The predicted octanol–water partition coefficient (Wildman–Crippen LogP) is 1.94. The van der Waals surface area contributed by atoms with Crippen LogP contribution >= 0.6 is 0 Å². The summed E-state index contributed by atoms with van der Waals surface area (Å²) < 4.78 is 27.4. The molecule has 1 N–H and O–H groups in total. The van der Waals surface area contributed by atoms with Crippen molar-refractivity contribution in [1.29, 1.82) is 5.26 Å². The number of aliphatic hydroxyl groups excluding tert-OH is 1. The van der Waals surface area contributed by atoms with Gasteiger partial charge in [0.25, 0.3) is 0 Å². The zero-order valence-corrected chi connectivity index (χ0v) is 11.4. The lowest BCUT2D eigenvalue weighted by Crippen LogP contribution is -2.26. The number of nitrogens with zero attached hydrogens (tertiary/aromatic N) is 4. The Morgan fingerprint density at radius 2 is 2.09 bits per heavy atom. The third kappa shape index (κ3) is 2.61. The number of hydrogen-bond donors (Lipinski definition) is 1. The van der Waals surface area contributed by atoms with Gasteiger partial charge in [-0.3, -0.25) is 0 Å². The summed E-state index contributed by atoms with van der Waals surface area (Å²) in [6.07, 6.45) is 2.28. The van der Waals surface area contributed by atoms with Gasteiger partial charge in [0, 0.05) is 12.1 Å². The number of benzene rings is 1. The molecule has 1 aromatic heterocycles. The number of aliphatic hydroxyl groups is 1. The molecule has 1 saturated heterocycles. The molecule has 22 heavy (non-hydrogen) atoms. The van der Waals surface area contributed by atoms with Crippen molar-refractivity contribution in [3.63, 3.8) is 0 Å². The second-order valence-electron chi connectivity index (χ2n) is 5.10. The van der Waals surface area contributed by atoms with Gasteiger partial charge in [0.2, 0.25) is 0 Å². The number of β-amino-alcohol motifs (C(OH)–C–C–N with tert-alkyl or cyclic N) is 1. The van der Waals surface area contributed by atoms with Crippen LogP contribution in [0.1, 0.15) is 23.7 Å². The van der Waals surface area contributed by atoms with Crippen LogP contribution in [0, 0.1) is 23.0 Å². The zero-order chi connectivity index (χ0) is 15.7. The molecular formula is C15H12F2N4O. The minimum Gasteiger partial charge on any atom is -0.391 e. The first-order valence-electron chi connectivity index (χ1n) is 6.70. The SMILES string of the molecule is N#Cc1cnc(N2C[C@H](O)C[C@H]2c2cc(F)ccc2F)cn1. The summed E-state index contributed by atoms with van der Waals surface area (Å²) in [4.78, 5) is 9.69.